The minimum absolute atomic E-state index is 0.0510. The molecule has 7 nitrogen and oxygen atoms in total. The Morgan fingerprint density at radius 3 is 2.33 bits per heavy atom. The molecular formula is C25H28Cl2FN3O4S. The third-order valence-corrected chi connectivity index (χ3v) is 9.32. The van der Waals surface area contributed by atoms with Crippen molar-refractivity contribution in [3.63, 3.8) is 0 Å². The molecule has 2 fully saturated rings. The molecule has 2 amide bonds. The first kappa shape index (κ1) is 26.9. The molecule has 36 heavy (non-hydrogen) atoms. The number of sulfone groups is 1. The Bertz CT molecular complexity index is 1230. The first-order valence-corrected chi connectivity index (χ1v) is 14.3. The van der Waals surface area contributed by atoms with E-state index >= 15 is 0 Å². The Kier molecular flexibility index (Phi) is 8.24. The SMILES string of the molecule is CN(C(=O)Cc1ccc(F)cc1)[C@H]1CN(C(=O)CN2CCS(=O)(=O)CC2)C[C@@H]1c1ccc(Cl)c(Cl)c1. The highest BCUT2D eigenvalue weighted by Crippen LogP contribution is 2.34. The summed E-state index contributed by atoms with van der Waals surface area (Å²) < 4.78 is 36.7. The first-order valence-electron chi connectivity index (χ1n) is 11.7. The number of hydrogen-bond donors (Lipinski definition) is 0. The van der Waals surface area contributed by atoms with Crippen LogP contribution in [0.1, 0.15) is 17.0 Å². The summed E-state index contributed by atoms with van der Waals surface area (Å²) in [6.07, 6.45) is 0.109. The van der Waals surface area contributed by atoms with E-state index in [2.05, 4.69) is 0 Å². The molecule has 11 heteroatoms. The van der Waals surface area contributed by atoms with Gasteiger partial charge in [0.05, 0.1) is 40.6 Å². The molecule has 2 aliphatic rings. The van der Waals surface area contributed by atoms with Gasteiger partial charge in [-0.15, -0.1) is 0 Å². The normalized spacial score (nSPS) is 21.9. The molecule has 2 aromatic rings. The lowest BCUT2D eigenvalue weighted by Gasteiger charge is -2.30. The van der Waals surface area contributed by atoms with E-state index in [1.807, 2.05) is 11.0 Å². The van der Waals surface area contributed by atoms with E-state index in [0.717, 1.165) is 5.56 Å². The summed E-state index contributed by atoms with van der Waals surface area (Å²) in [4.78, 5) is 31.6. The third-order valence-electron chi connectivity index (χ3n) is 6.97. The topological polar surface area (TPSA) is 78.0 Å². The standard InChI is InChI=1S/C25H28Cl2FN3O4S/c1-29(24(32)12-17-2-5-19(28)6-3-17)23-15-31(14-20(23)18-4-7-21(26)22(27)13-18)25(33)16-30-8-10-36(34,35)11-9-30/h2-7,13,20,23H,8-12,14-16H2,1H3/t20-,23+/m1/s1. The Morgan fingerprint density at radius 1 is 1.03 bits per heavy atom. The lowest BCUT2D eigenvalue weighted by molar-refractivity contribution is -0.134. The fraction of sp³-hybridized carbons (Fsp3) is 0.440. The largest absolute Gasteiger partial charge is 0.340 e. The predicted octanol–water partition coefficient (Wildman–Crippen LogP) is 2.86. The molecule has 0 N–H and O–H groups in total. The molecule has 0 unspecified atom stereocenters. The van der Waals surface area contributed by atoms with Crippen LogP contribution in [0.15, 0.2) is 42.5 Å². The van der Waals surface area contributed by atoms with Crippen molar-refractivity contribution in [1.29, 1.82) is 0 Å². The maximum atomic E-state index is 13.3. The molecule has 0 aromatic heterocycles. The average molecular weight is 556 g/mol. The molecule has 2 heterocycles. The highest BCUT2D eigenvalue weighted by atomic mass is 35.5. The second-order valence-electron chi connectivity index (χ2n) is 9.38. The summed E-state index contributed by atoms with van der Waals surface area (Å²) in [6.45, 7) is 1.52. The molecule has 2 atom stereocenters. The summed E-state index contributed by atoms with van der Waals surface area (Å²) >= 11 is 12.4. The van der Waals surface area contributed by atoms with E-state index < -0.39 is 9.84 Å². The van der Waals surface area contributed by atoms with Crippen molar-refractivity contribution in [3.05, 3.63) is 69.5 Å². The number of benzene rings is 2. The lowest BCUT2D eigenvalue weighted by atomic mass is 9.93. The molecule has 2 aromatic carbocycles. The van der Waals surface area contributed by atoms with Crippen LogP contribution in [0.4, 0.5) is 4.39 Å². The van der Waals surface area contributed by atoms with Crippen molar-refractivity contribution in [2.75, 3.05) is 51.3 Å². The summed E-state index contributed by atoms with van der Waals surface area (Å²) in [5, 5.41) is 0.816. The summed E-state index contributed by atoms with van der Waals surface area (Å²) in [5.74, 6) is -0.707. The second kappa shape index (κ2) is 11.0. The van der Waals surface area contributed by atoms with Gasteiger partial charge in [0.2, 0.25) is 11.8 Å². The van der Waals surface area contributed by atoms with Crippen LogP contribution in [0.25, 0.3) is 0 Å². The monoisotopic (exact) mass is 555 g/mol. The van der Waals surface area contributed by atoms with E-state index in [0.29, 0.717) is 41.8 Å². The van der Waals surface area contributed by atoms with Crippen LogP contribution in [-0.4, -0.2) is 92.3 Å². The molecule has 0 aliphatic carbocycles. The van der Waals surface area contributed by atoms with Gasteiger partial charge in [-0.25, -0.2) is 12.8 Å². The van der Waals surface area contributed by atoms with Crippen LogP contribution in [-0.2, 0) is 25.8 Å². The van der Waals surface area contributed by atoms with Gasteiger partial charge in [-0.2, -0.15) is 0 Å². The summed E-state index contributed by atoms with van der Waals surface area (Å²) in [5.41, 5.74) is 1.57. The smallest absolute Gasteiger partial charge is 0.236 e. The van der Waals surface area contributed by atoms with Gasteiger partial charge >= 0.3 is 0 Å². The Hall–Kier alpha value is -2.20. The maximum Gasteiger partial charge on any atom is 0.236 e. The molecule has 2 saturated heterocycles. The summed E-state index contributed by atoms with van der Waals surface area (Å²) in [6, 6.07) is 10.8. The second-order valence-corrected chi connectivity index (χ2v) is 12.5. The van der Waals surface area contributed by atoms with Gasteiger partial charge in [0, 0.05) is 39.1 Å². The zero-order valence-corrected chi connectivity index (χ0v) is 22.2. The number of likely N-dealkylation sites (N-methyl/N-ethyl adjacent to an activating group) is 1. The van der Waals surface area contributed by atoms with Crippen molar-refractivity contribution in [1.82, 2.24) is 14.7 Å². The van der Waals surface area contributed by atoms with Crippen molar-refractivity contribution >= 4 is 44.9 Å². The van der Waals surface area contributed by atoms with E-state index in [4.69, 9.17) is 23.2 Å². The molecule has 194 valence electrons. The zero-order chi connectivity index (χ0) is 26.0. The number of carbonyl (C=O) groups is 2. The van der Waals surface area contributed by atoms with Gasteiger partial charge in [-0.05, 0) is 35.4 Å². The van der Waals surface area contributed by atoms with Gasteiger partial charge in [0.15, 0.2) is 9.84 Å². The van der Waals surface area contributed by atoms with Crippen LogP contribution in [0.2, 0.25) is 10.0 Å². The zero-order valence-electron chi connectivity index (χ0n) is 19.9. The Labute approximate surface area is 220 Å². The van der Waals surface area contributed by atoms with Crippen molar-refractivity contribution < 1.29 is 22.4 Å². The number of likely N-dealkylation sites (tertiary alicyclic amines) is 1. The number of rotatable bonds is 6. The lowest BCUT2D eigenvalue weighted by Crippen LogP contribution is -2.47. The Balaban J connectivity index is 1.51. The molecule has 0 radical (unpaired) electrons. The van der Waals surface area contributed by atoms with Gasteiger partial charge in [0.25, 0.3) is 0 Å². The van der Waals surface area contributed by atoms with E-state index in [1.165, 1.54) is 12.1 Å². The fourth-order valence-corrected chi connectivity index (χ4v) is 6.32. The first-order chi connectivity index (χ1) is 17.0. The summed E-state index contributed by atoms with van der Waals surface area (Å²) in [7, 11) is -1.32. The average Bonchev–Trinajstić information content (AvgIpc) is 3.29. The highest BCUT2D eigenvalue weighted by molar-refractivity contribution is 7.91. The molecule has 2 aliphatic heterocycles. The van der Waals surface area contributed by atoms with Crippen molar-refractivity contribution in [2.24, 2.45) is 0 Å². The predicted molar refractivity (Wildman–Crippen MR) is 138 cm³/mol. The molecule has 0 spiro atoms. The molecule has 4 rings (SSSR count). The number of hydrogen-bond acceptors (Lipinski definition) is 5. The van der Waals surface area contributed by atoms with Gasteiger partial charge in [0.1, 0.15) is 5.82 Å². The molecule has 0 bridgehead atoms. The molecular weight excluding hydrogens is 528 g/mol. The number of halogens is 3. The third kappa shape index (κ3) is 6.37. The quantitative estimate of drug-likeness (QED) is 0.547. The number of carbonyl (C=O) groups excluding carboxylic acids is 2. The van der Waals surface area contributed by atoms with Crippen LogP contribution in [0.5, 0.6) is 0 Å². The van der Waals surface area contributed by atoms with E-state index in [1.54, 1.807) is 41.1 Å². The van der Waals surface area contributed by atoms with E-state index in [-0.39, 0.29) is 54.1 Å². The van der Waals surface area contributed by atoms with Gasteiger partial charge in [-0.3, -0.25) is 14.5 Å². The Morgan fingerprint density at radius 2 is 1.69 bits per heavy atom. The number of nitrogens with zero attached hydrogens (tertiary/aromatic N) is 3. The fourth-order valence-electron chi connectivity index (χ4n) is 4.74. The van der Waals surface area contributed by atoms with Crippen LogP contribution in [0.3, 0.4) is 0 Å². The molecule has 0 saturated carbocycles. The van der Waals surface area contributed by atoms with Crippen LogP contribution < -0.4 is 0 Å². The number of amides is 2. The van der Waals surface area contributed by atoms with Crippen LogP contribution >= 0.6 is 23.2 Å². The minimum Gasteiger partial charge on any atom is -0.340 e. The van der Waals surface area contributed by atoms with Gasteiger partial charge < -0.3 is 9.80 Å². The van der Waals surface area contributed by atoms with Crippen LogP contribution in [0, 0.1) is 5.82 Å². The van der Waals surface area contributed by atoms with Crippen molar-refractivity contribution in [3.8, 4) is 0 Å². The maximum absolute atomic E-state index is 13.3. The highest BCUT2D eigenvalue weighted by Gasteiger charge is 2.40. The minimum atomic E-state index is -3.04. The van der Waals surface area contributed by atoms with E-state index in [9.17, 15) is 22.4 Å². The van der Waals surface area contributed by atoms with Gasteiger partial charge in [-0.1, -0.05) is 41.4 Å². The van der Waals surface area contributed by atoms with Crippen molar-refractivity contribution in [2.45, 2.75) is 18.4 Å².